The summed E-state index contributed by atoms with van der Waals surface area (Å²) in [4.78, 5) is 1.59. The highest BCUT2D eigenvalue weighted by Gasteiger charge is 2.41. The normalized spacial score (nSPS) is 23.2. The lowest BCUT2D eigenvalue weighted by Gasteiger charge is -2.14. The van der Waals surface area contributed by atoms with Gasteiger partial charge in [-0.05, 0) is 55.0 Å². The topological polar surface area (TPSA) is 20.2 Å². The molecule has 14 heavy (non-hydrogen) atoms. The van der Waals surface area contributed by atoms with Gasteiger partial charge in [0.15, 0.2) is 0 Å². The molecule has 2 aliphatic rings. The molecule has 0 bridgehead atoms. The Bertz CT molecular complexity index is 349. The molecule has 3 rings (SSSR count). The minimum Gasteiger partial charge on any atom is -0.390 e. The zero-order valence-corrected chi connectivity index (χ0v) is 9.20. The highest BCUT2D eigenvalue weighted by Crippen LogP contribution is 2.41. The molecule has 0 radical (unpaired) electrons. The third-order valence-corrected chi connectivity index (χ3v) is 4.63. The monoisotopic (exact) mass is 208 g/mol. The fraction of sp³-hybridized carbons (Fsp3) is 0.667. The zero-order chi connectivity index (χ0) is 9.60. The first-order chi connectivity index (χ1) is 6.77. The van der Waals surface area contributed by atoms with Gasteiger partial charge >= 0.3 is 0 Å². The summed E-state index contributed by atoms with van der Waals surface area (Å²) in [6.45, 7) is 0. The third-order valence-electron chi connectivity index (χ3n) is 3.49. The summed E-state index contributed by atoms with van der Waals surface area (Å²) >= 11 is 1.91. The van der Waals surface area contributed by atoms with E-state index in [0.29, 0.717) is 0 Å². The molecule has 2 heteroatoms. The molecule has 0 unspecified atom stereocenters. The van der Waals surface area contributed by atoms with E-state index in [9.17, 15) is 5.11 Å². The van der Waals surface area contributed by atoms with E-state index in [1.807, 2.05) is 11.3 Å². The van der Waals surface area contributed by atoms with Gasteiger partial charge in [-0.1, -0.05) is 0 Å². The lowest BCUT2D eigenvalue weighted by Crippen LogP contribution is -2.12. The molecule has 76 valence electrons. The summed E-state index contributed by atoms with van der Waals surface area (Å²) in [5.41, 5.74) is 2.72. The maximum absolute atomic E-state index is 9.91. The summed E-state index contributed by atoms with van der Waals surface area (Å²) in [7, 11) is 0. The third kappa shape index (κ3) is 1.51. The first-order valence-electron chi connectivity index (χ1n) is 5.57. The van der Waals surface area contributed by atoms with Gasteiger partial charge in [-0.3, -0.25) is 0 Å². The quantitative estimate of drug-likeness (QED) is 0.792. The van der Waals surface area contributed by atoms with Crippen molar-refractivity contribution in [1.82, 2.24) is 0 Å². The van der Waals surface area contributed by atoms with Crippen molar-refractivity contribution in [3.05, 3.63) is 21.4 Å². The van der Waals surface area contributed by atoms with E-state index in [0.717, 1.165) is 19.3 Å². The van der Waals surface area contributed by atoms with Crippen LogP contribution >= 0.6 is 11.3 Å². The molecule has 0 saturated heterocycles. The highest BCUT2D eigenvalue weighted by atomic mass is 32.1. The Labute approximate surface area is 88.8 Å². The van der Waals surface area contributed by atoms with Gasteiger partial charge < -0.3 is 5.11 Å². The van der Waals surface area contributed by atoms with Crippen LogP contribution in [0.2, 0.25) is 0 Å². The van der Waals surface area contributed by atoms with Crippen LogP contribution in [0.5, 0.6) is 0 Å². The van der Waals surface area contributed by atoms with E-state index in [-0.39, 0.29) is 5.60 Å². The Hall–Kier alpha value is -0.340. The number of thiophene rings is 1. The largest absolute Gasteiger partial charge is 0.390 e. The van der Waals surface area contributed by atoms with Crippen LogP contribution in [-0.4, -0.2) is 10.7 Å². The van der Waals surface area contributed by atoms with E-state index in [4.69, 9.17) is 0 Å². The Morgan fingerprint density at radius 3 is 2.86 bits per heavy atom. The van der Waals surface area contributed by atoms with Gasteiger partial charge in [-0.25, -0.2) is 0 Å². The van der Waals surface area contributed by atoms with Crippen LogP contribution in [0.15, 0.2) is 5.38 Å². The van der Waals surface area contributed by atoms with E-state index in [2.05, 4.69) is 5.38 Å². The smallest absolute Gasteiger partial charge is 0.0690 e. The minimum absolute atomic E-state index is 0.313. The molecule has 1 saturated carbocycles. The van der Waals surface area contributed by atoms with Crippen molar-refractivity contribution in [1.29, 1.82) is 0 Å². The number of hydrogen-bond acceptors (Lipinski definition) is 2. The molecule has 0 spiro atoms. The van der Waals surface area contributed by atoms with E-state index >= 15 is 0 Å². The summed E-state index contributed by atoms with van der Waals surface area (Å²) in [5, 5.41) is 12.2. The van der Waals surface area contributed by atoms with Crippen LogP contribution in [0.3, 0.4) is 0 Å². The van der Waals surface area contributed by atoms with Crippen LogP contribution in [0.4, 0.5) is 0 Å². The zero-order valence-electron chi connectivity index (χ0n) is 8.38. The molecular weight excluding hydrogens is 192 g/mol. The molecule has 2 aliphatic carbocycles. The second-order valence-electron chi connectivity index (χ2n) is 4.77. The van der Waals surface area contributed by atoms with Crippen molar-refractivity contribution in [2.45, 2.75) is 50.5 Å². The lowest BCUT2D eigenvalue weighted by atomic mass is 9.93. The Kier molecular flexibility index (Phi) is 1.96. The molecule has 1 aromatic rings. The van der Waals surface area contributed by atoms with Crippen molar-refractivity contribution in [3.63, 3.8) is 0 Å². The van der Waals surface area contributed by atoms with E-state index in [1.165, 1.54) is 31.2 Å². The number of aryl methyl sites for hydroxylation is 1. The lowest BCUT2D eigenvalue weighted by molar-refractivity contribution is 0.151. The van der Waals surface area contributed by atoms with Gasteiger partial charge in [-0.15, -0.1) is 11.3 Å². The fourth-order valence-corrected chi connectivity index (χ4v) is 3.53. The average Bonchev–Trinajstić information content (AvgIpc) is 2.77. The Morgan fingerprint density at radius 2 is 2.07 bits per heavy atom. The Balaban J connectivity index is 1.87. The minimum atomic E-state index is -0.313. The number of rotatable bonds is 2. The predicted octanol–water partition coefficient (Wildman–Crippen LogP) is 2.69. The summed E-state index contributed by atoms with van der Waals surface area (Å²) in [6.07, 6.45) is 8.17. The van der Waals surface area contributed by atoms with Gasteiger partial charge in [0.25, 0.3) is 0 Å². The van der Waals surface area contributed by atoms with Crippen LogP contribution in [0, 0.1) is 0 Å². The Morgan fingerprint density at radius 1 is 1.29 bits per heavy atom. The summed E-state index contributed by atoms with van der Waals surface area (Å²) in [5.74, 6) is 0. The molecular formula is C12H16OS. The van der Waals surface area contributed by atoms with Crippen molar-refractivity contribution >= 4 is 11.3 Å². The van der Waals surface area contributed by atoms with Gasteiger partial charge in [-0.2, -0.15) is 0 Å². The SMILES string of the molecule is OC1(Cc2csc3c2CCCC3)CC1. The number of hydrogen-bond donors (Lipinski definition) is 1. The molecule has 0 aromatic carbocycles. The standard InChI is InChI=1S/C12H16OS/c13-12(5-6-12)7-9-8-14-11-4-2-1-3-10(9)11/h8,13H,1-7H2. The second kappa shape index (κ2) is 3.07. The van der Waals surface area contributed by atoms with E-state index in [1.54, 1.807) is 10.4 Å². The number of aliphatic hydroxyl groups is 1. The molecule has 1 heterocycles. The average molecular weight is 208 g/mol. The van der Waals surface area contributed by atoms with E-state index < -0.39 is 0 Å². The van der Waals surface area contributed by atoms with Crippen molar-refractivity contribution in [3.8, 4) is 0 Å². The molecule has 1 aromatic heterocycles. The van der Waals surface area contributed by atoms with Crippen molar-refractivity contribution in [2.24, 2.45) is 0 Å². The van der Waals surface area contributed by atoms with Gasteiger partial charge in [0.05, 0.1) is 5.60 Å². The maximum Gasteiger partial charge on any atom is 0.0690 e. The fourth-order valence-electron chi connectivity index (χ4n) is 2.38. The molecule has 0 aliphatic heterocycles. The first kappa shape index (κ1) is 8.93. The molecule has 0 atom stereocenters. The molecule has 1 fully saturated rings. The highest BCUT2D eigenvalue weighted by molar-refractivity contribution is 7.10. The van der Waals surface area contributed by atoms with Gasteiger partial charge in [0, 0.05) is 11.3 Å². The summed E-state index contributed by atoms with van der Waals surface area (Å²) in [6, 6.07) is 0. The maximum atomic E-state index is 9.91. The van der Waals surface area contributed by atoms with Crippen LogP contribution < -0.4 is 0 Å². The first-order valence-corrected chi connectivity index (χ1v) is 6.45. The molecule has 1 N–H and O–H groups in total. The van der Waals surface area contributed by atoms with Crippen LogP contribution in [0.25, 0.3) is 0 Å². The predicted molar refractivity (Wildman–Crippen MR) is 58.8 cm³/mol. The van der Waals surface area contributed by atoms with Crippen LogP contribution in [-0.2, 0) is 19.3 Å². The number of fused-ring (bicyclic) bond motifs is 1. The van der Waals surface area contributed by atoms with Gasteiger partial charge in [0.1, 0.15) is 0 Å². The van der Waals surface area contributed by atoms with Crippen molar-refractivity contribution < 1.29 is 5.11 Å². The van der Waals surface area contributed by atoms with Crippen molar-refractivity contribution in [2.75, 3.05) is 0 Å². The summed E-state index contributed by atoms with van der Waals surface area (Å²) < 4.78 is 0. The molecule has 1 nitrogen and oxygen atoms in total. The van der Waals surface area contributed by atoms with Crippen LogP contribution in [0.1, 0.15) is 41.7 Å². The second-order valence-corrected chi connectivity index (χ2v) is 5.74. The van der Waals surface area contributed by atoms with Gasteiger partial charge in [0.2, 0.25) is 0 Å². The molecule has 0 amide bonds.